The molecule has 2 heteroatoms. The van der Waals surface area contributed by atoms with Crippen molar-refractivity contribution < 1.29 is 0 Å². The first-order valence-electron chi connectivity index (χ1n) is 4.60. The Kier molecular flexibility index (Phi) is 2.15. The van der Waals surface area contributed by atoms with Crippen LogP contribution >= 0.6 is 11.8 Å². The maximum atomic E-state index is 3.48. The van der Waals surface area contributed by atoms with E-state index in [1.165, 1.54) is 37.4 Å². The van der Waals surface area contributed by atoms with Crippen molar-refractivity contribution in [3.05, 3.63) is 0 Å². The zero-order valence-corrected chi connectivity index (χ0v) is 8.04. The summed E-state index contributed by atoms with van der Waals surface area (Å²) >= 11 is 2.14. The summed E-state index contributed by atoms with van der Waals surface area (Å²) in [5.41, 5.74) is 0.642. The van der Waals surface area contributed by atoms with Crippen LogP contribution in [-0.4, -0.2) is 24.6 Å². The average molecular weight is 171 g/mol. The molecule has 2 fully saturated rings. The first-order chi connectivity index (χ1) is 5.31. The Morgan fingerprint density at radius 2 is 2.45 bits per heavy atom. The third-order valence-electron chi connectivity index (χ3n) is 3.32. The van der Waals surface area contributed by atoms with Crippen molar-refractivity contribution in [2.75, 3.05) is 24.6 Å². The minimum atomic E-state index is 0.642. The molecule has 2 saturated heterocycles. The van der Waals surface area contributed by atoms with Crippen molar-refractivity contribution in [2.45, 2.75) is 19.8 Å². The van der Waals surface area contributed by atoms with E-state index in [4.69, 9.17) is 0 Å². The van der Waals surface area contributed by atoms with E-state index in [-0.39, 0.29) is 0 Å². The maximum Gasteiger partial charge on any atom is 0.000860 e. The van der Waals surface area contributed by atoms with Crippen LogP contribution in [0.5, 0.6) is 0 Å². The Bertz CT molecular complexity index is 134. The highest BCUT2D eigenvalue weighted by atomic mass is 32.2. The molecule has 0 bridgehead atoms. The van der Waals surface area contributed by atoms with Gasteiger partial charge in [-0.2, -0.15) is 11.8 Å². The first kappa shape index (κ1) is 7.93. The van der Waals surface area contributed by atoms with E-state index >= 15 is 0 Å². The molecule has 1 nitrogen and oxygen atoms in total. The molecular formula is C9H17NS. The number of rotatable bonds is 1. The van der Waals surface area contributed by atoms with Crippen LogP contribution in [0.1, 0.15) is 19.8 Å². The van der Waals surface area contributed by atoms with E-state index in [2.05, 4.69) is 24.0 Å². The van der Waals surface area contributed by atoms with Crippen LogP contribution in [0, 0.1) is 11.3 Å². The van der Waals surface area contributed by atoms with Crippen LogP contribution < -0.4 is 5.32 Å². The molecule has 2 rings (SSSR count). The second-order valence-electron chi connectivity index (χ2n) is 4.14. The predicted molar refractivity (Wildman–Crippen MR) is 51.0 cm³/mol. The Morgan fingerprint density at radius 3 is 3.00 bits per heavy atom. The predicted octanol–water partition coefficient (Wildman–Crippen LogP) is 1.74. The summed E-state index contributed by atoms with van der Waals surface area (Å²) in [5.74, 6) is 3.82. The molecule has 2 unspecified atom stereocenters. The Balaban J connectivity index is 2.00. The van der Waals surface area contributed by atoms with Gasteiger partial charge in [-0.3, -0.25) is 0 Å². The summed E-state index contributed by atoms with van der Waals surface area (Å²) in [4.78, 5) is 0. The van der Waals surface area contributed by atoms with Gasteiger partial charge in [-0.1, -0.05) is 6.92 Å². The molecule has 2 aliphatic heterocycles. The Hall–Kier alpha value is 0.310. The van der Waals surface area contributed by atoms with Gasteiger partial charge in [-0.25, -0.2) is 0 Å². The molecule has 2 atom stereocenters. The van der Waals surface area contributed by atoms with Crippen LogP contribution in [0.25, 0.3) is 0 Å². The van der Waals surface area contributed by atoms with E-state index < -0.39 is 0 Å². The number of thioether (sulfide) groups is 1. The molecule has 1 N–H and O–H groups in total. The first-order valence-corrected chi connectivity index (χ1v) is 5.75. The van der Waals surface area contributed by atoms with Crippen molar-refractivity contribution in [1.29, 1.82) is 0 Å². The summed E-state index contributed by atoms with van der Waals surface area (Å²) in [6, 6.07) is 0. The van der Waals surface area contributed by atoms with Gasteiger partial charge < -0.3 is 5.32 Å². The number of nitrogens with one attached hydrogen (secondary N) is 1. The fourth-order valence-corrected chi connectivity index (χ4v) is 3.74. The lowest BCUT2D eigenvalue weighted by Gasteiger charge is -2.29. The summed E-state index contributed by atoms with van der Waals surface area (Å²) < 4.78 is 0. The van der Waals surface area contributed by atoms with Gasteiger partial charge in [-0.15, -0.1) is 0 Å². The maximum absolute atomic E-state index is 3.48. The highest BCUT2D eigenvalue weighted by molar-refractivity contribution is 7.99. The van der Waals surface area contributed by atoms with E-state index in [1.807, 2.05) is 0 Å². The van der Waals surface area contributed by atoms with Gasteiger partial charge in [0, 0.05) is 6.54 Å². The molecule has 0 aromatic rings. The van der Waals surface area contributed by atoms with Gasteiger partial charge in [0.15, 0.2) is 0 Å². The van der Waals surface area contributed by atoms with Crippen LogP contribution in [0.15, 0.2) is 0 Å². The van der Waals surface area contributed by atoms with Gasteiger partial charge >= 0.3 is 0 Å². The minimum Gasteiger partial charge on any atom is -0.316 e. The van der Waals surface area contributed by atoms with Gasteiger partial charge in [0.2, 0.25) is 0 Å². The largest absolute Gasteiger partial charge is 0.316 e. The fourth-order valence-electron chi connectivity index (χ4n) is 2.27. The topological polar surface area (TPSA) is 12.0 Å². The molecule has 0 spiro atoms. The Morgan fingerprint density at radius 1 is 1.55 bits per heavy atom. The quantitative estimate of drug-likeness (QED) is 0.645. The van der Waals surface area contributed by atoms with Crippen molar-refractivity contribution >= 4 is 11.8 Å². The lowest BCUT2D eigenvalue weighted by molar-refractivity contribution is 0.236. The molecule has 0 amide bonds. The minimum absolute atomic E-state index is 0.642. The van der Waals surface area contributed by atoms with E-state index in [0.29, 0.717) is 5.41 Å². The van der Waals surface area contributed by atoms with Crippen molar-refractivity contribution in [2.24, 2.45) is 11.3 Å². The van der Waals surface area contributed by atoms with E-state index in [1.54, 1.807) is 0 Å². The summed E-state index contributed by atoms with van der Waals surface area (Å²) in [6.45, 7) is 4.97. The van der Waals surface area contributed by atoms with E-state index in [0.717, 1.165) is 5.92 Å². The fraction of sp³-hybridized carbons (Fsp3) is 1.00. The normalized spacial score (nSPS) is 45.0. The second kappa shape index (κ2) is 2.98. The zero-order chi connectivity index (χ0) is 7.73. The standard InChI is InChI=1S/C9H17NS/c1-9(3-4-10-7-9)8-2-5-11-6-8/h8,10H,2-7H2,1H3. The molecule has 0 aromatic heterocycles. The van der Waals surface area contributed by atoms with Crippen molar-refractivity contribution in [3.8, 4) is 0 Å². The van der Waals surface area contributed by atoms with Gasteiger partial charge in [0.25, 0.3) is 0 Å². The molecular weight excluding hydrogens is 154 g/mol. The molecule has 0 radical (unpaired) electrons. The number of hydrogen-bond acceptors (Lipinski definition) is 2. The SMILES string of the molecule is CC1(C2CCSC2)CCNC1. The van der Waals surface area contributed by atoms with Gasteiger partial charge in [0.1, 0.15) is 0 Å². The van der Waals surface area contributed by atoms with Crippen LogP contribution in [0.2, 0.25) is 0 Å². The van der Waals surface area contributed by atoms with Crippen LogP contribution in [0.4, 0.5) is 0 Å². The average Bonchev–Trinajstić information content (AvgIpc) is 2.55. The molecule has 64 valence electrons. The lowest BCUT2D eigenvalue weighted by Crippen LogP contribution is -2.29. The summed E-state index contributed by atoms with van der Waals surface area (Å²) in [5, 5.41) is 3.48. The van der Waals surface area contributed by atoms with Gasteiger partial charge in [0.05, 0.1) is 0 Å². The molecule has 2 heterocycles. The summed E-state index contributed by atoms with van der Waals surface area (Å²) in [6.07, 6.45) is 2.86. The third-order valence-corrected chi connectivity index (χ3v) is 4.48. The van der Waals surface area contributed by atoms with Crippen molar-refractivity contribution in [1.82, 2.24) is 5.32 Å². The molecule has 0 saturated carbocycles. The molecule has 0 aromatic carbocycles. The molecule has 2 aliphatic rings. The van der Waals surface area contributed by atoms with Crippen molar-refractivity contribution in [3.63, 3.8) is 0 Å². The lowest BCUT2D eigenvalue weighted by atomic mass is 9.76. The zero-order valence-electron chi connectivity index (χ0n) is 7.23. The molecule has 0 aliphatic carbocycles. The van der Waals surface area contributed by atoms with E-state index in [9.17, 15) is 0 Å². The van der Waals surface area contributed by atoms with Gasteiger partial charge in [-0.05, 0) is 42.2 Å². The number of hydrogen-bond donors (Lipinski definition) is 1. The monoisotopic (exact) mass is 171 g/mol. The Labute approximate surface area is 73.3 Å². The third kappa shape index (κ3) is 1.43. The van der Waals surface area contributed by atoms with Crippen LogP contribution in [-0.2, 0) is 0 Å². The highest BCUT2D eigenvalue weighted by Gasteiger charge is 2.38. The smallest absolute Gasteiger partial charge is 0.000860 e. The summed E-state index contributed by atoms with van der Waals surface area (Å²) in [7, 11) is 0. The molecule has 11 heavy (non-hydrogen) atoms. The second-order valence-corrected chi connectivity index (χ2v) is 5.29. The van der Waals surface area contributed by atoms with Crippen LogP contribution in [0.3, 0.4) is 0 Å². The highest BCUT2D eigenvalue weighted by Crippen LogP contribution is 2.41.